The van der Waals surface area contributed by atoms with Gasteiger partial charge in [0.2, 0.25) is 5.91 Å². The molecule has 27 heavy (non-hydrogen) atoms. The van der Waals surface area contributed by atoms with E-state index in [0.717, 1.165) is 23.3 Å². The highest BCUT2D eigenvalue weighted by Crippen LogP contribution is 2.19. The number of esters is 1. The molecule has 0 unspecified atom stereocenters. The number of hydrogen-bond acceptors (Lipinski definition) is 4. The summed E-state index contributed by atoms with van der Waals surface area (Å²) in [5.41, 5.74) is 3.53. The van der Waals surface area contributed by atoms with Gasteiger partial charge in [0.25, 0.3) is 5.91 Å². The summed E-state index contributed by atoms with van der Waals surface area (Å²) in [6.07, 6.45) is 2.10. The first kappa shape index (κ1) is 19.9. The first-order chi connectivity index (χ1) is 12.9. The number of para-hydroxylation sites is 1. The zero-order chi connectivity index (χ0) is 19.8. The molecule has 0 atom stereocenters. The van der Waals surface area contributed by atoms with Crippen LogP contribution in [0.3, 0.4) is 0 Å². The number of carbonyl (C=O) groups excluding carboxylic acids is 3. The molecule has 2 amide bonds. The molecule has 0 heterocycles. The number of aryl methyl sites for hydroxylation is 2. The van der Waals surface area contributed by atoms with Gasteiger partial charge < -0.3 is 15.4 Å². The Morgan fingerprint density at radius 2 is 1.70 bits per heavy atom. The fraction of sp³-hybridized carbons (Fsp3) is 0.190. The number of carbonyl (C=O) groups is 3. The lowest BCUT2D eigenvalue weighted by Crippen LogP contribution is -2.17. The van der Waals surface area contributed by atoms with Gasteiger partial charge in [-0.2, -0.15) is 0 Å². The van der Waals surface area contributed by atoms with Gasteiger partial charge in [-0.25, -0.2) is 4.79 Å². The summed E-state index contributed by atoms with van der Waals surface area (Å²) < 4.78 is 4.72. The van der Waals surface area contributed by atoms with E-state index >= 15 is 0 Å². The van der Waals surface area contributed by atoms with Crippen LogP contribution in [0.1, 0.15) is 28.4 Å². The van der Waals surface area contributed by atoms with Crippen LogP contribution in [-0.2, 0) is 14.3 Å². The number of ether oxygens (including phenoxy) is 1. The Bertz CT molecular complexity index is 888. The number of nitrogens with one attached hydrogen (secondary N) is 2. The molecule has 2 aromatic carbocycles. The van der Waals surface area contributed by atoms with Crippen LogP contribution in [0.4, 0.5) is 11.4 Å². The minimum absolute atomic E-state index is 0.228. The van der Waals surface area contributed by atoms with Crippen LogP contribution in [0.5, 0.6) is 0 Å². The molecule has 0 aromatic heterocycles. The SMILES string of the molecule is CCOC(=O)/C=C/C(=O)Nc1ccccc1C(=O)Nc1ccc(C)c(C)c1. The molecule has 0 radical (unpaired) electrons. The molecule has 2 rings (SSSR count). The van der Waals surface area contributed by atoms with E-state index in [-0.39, 0.29) is 12.5 Å². The van der Waals surface area contributed by atoms with E-state index in [1.54, 1.807) is 31.2 Å². The van der Waals surface area contributed by atoms with Gasteiger partial charge in [-0.3, -0.25) is 9.59 Å². The van der Waals surface area contributed by atoms with Crippen LogP contribution in [0.2, 0.25) is 0 Å². The van der Waals surface area contributed by atoms with Gasteiger partial charge in [0, 0.05) is 17.8 Å². The maximum absolute atomic E-state index is 12.6. The van der Waals surface area contributed by atoms with Crippen LogP contribution >= 0.6 is 0 Å². The first-order valence-electron chi connectivity index (χ1n) is 8.54. The highest BCUT2D eigenvalue weighted by Gasteiger charge is 2.13. The molecule has 0 bridgehead atoms. The Balaban J connectivity index is 2.12. The first-order valence-corrected chi connectivity index (χ1v) is 8.54. The second-order valence-corrected chi connectivity index (χ2v) is 5.87. The van der Waals surface area contributed by atoms with E-state index in [9.17, 15) is 14.4 Å². The Morgan fingerprint density at radius 1 is 0.963 bits per heavy atom. The molecular weight excluding hydrogens is 344 g/mol. The third kappa shape index (κ3) is 5.81. The molecule has 0 aliphatic heterocycles. The smallest absolute Gasteiger partial charge is 0.330 e. The lowest BCUT2D eigenvalue weighted by atomic mass is 10.1. The van der Waals surface area contributed by atoms with Gasteiger partial charge >= 0.3 is 5.97 Å². The summed E-state index contributed by atoms with van der Waals surface area (Å²) in [5, 5.41) is 5.43. The minimum Gasteiger partial charge on any atom is -0.463 e. The monoisotopic (exact) mass is 366 g/mol. The summed E-state index contributed by atoms with van der Waals surface area (Å²) in [6.45, 7) is 5.87. The maximum atomic E-state index is 12.6. The Labute approximate surface area is 158 Å². The predicted octanol–water partition coefficient (Wildman–Crippen LogP) is 3.61. The quantitative estimate of drug-likeness (QED) is 0.604. The molecule has 2 aromatic rings. The van der Waals surface area contributed by atoms with Gasteiger partial charge in [0.1, 0.15) is 0 Å². The minimum atomic E-state index is -0.603. The van der Waals surface area contributed by atoms with E-state index < -0.39 is 11.9 Å². The third-order valence-corrected chi connectivity index (χ3v) is 3.85. The van der Waals surface area contributed by atoms with Gasteiger partial charge in [-0.15, -0.1) is 0 Å². The fourth-order valence-electron chi connectivity index (χ4n) is 2.32. The third-order valence-electron chi connectivity index (χ3n) is 3.85. The largest absolute Gasteiger partial charge is 0.463 e. The fourth-order valence-corrected chi connectivity index (χ4v) is 2.32. The highest BCUT2D eigenvalue weighted by atomic mass is 16.5. The molecule has 0 spiro atoms. The lowest BCUT2D eigenvalue weighted by molar-refractivity contribution is -0.137. The molecule has 0 fully saturated rings. The van der Waals surface area contributed by atoms with Gasteiger partial charge in [0.05, 0.1) is 17.9 Å². The van der Waals surface area contributed by atoms with Crippen molar-refractivity contribution in [3.8, 4) is 0 Å². The van der Waals surface area contributed by atoms with Crippen molar-refractivity contribution in [3.63, 3.8) is 0 Å². The number of rotatable bonds is 6. The molecule has 0 aliphatic carbocycles. The van der Waals surface area contributed by atoms with E-state index in [1.165, 1.54) is 0 Å². The van der Waals surface area contributed by atoms with Crippen LogP contribution < -0.4 is 10.6 Å². The van der Waals surface area contributed by atoms with Crippen molar-refractivity contribution in [1.29, 1.82) is 0 Å². The van der Waals surface area contributed by atoms with Gasteiger partial charge in [-0.05, 0) is 56.2 Å². The Hall–Kier alpha value is -3.41. The van der Waals surface area contributed by atoms with Crippen molar-refractivity contribution in [3.05, 3.63) is 71.3 Å². The summed E-state index contributed by atoms with van der Waals surface area (Å²) in [5.74, 6) is -1.48. The van der Waals surface area contributed by atoms with Crippen molar-refractivity contribution in [2.24, 2.45) is 0 Å². The number of hydrogen-bond donors (Lipinski definition) is 2. The molecule has 6 heteroatoms. The molecule has 0 saturated heterocycles. The average molecular weight is 366 g/mol. The van der Waals surface area contributed by atoms with E-state index in [4.69, 9.17) is 4.74 Å². The van der Waals surface area contributed by atoms with Crippen molar-refractivity contribution < 1.29 is 19.1 Å². The number of amides is 2. The topological polar surface area (TPSA) is 84.5 Å². The second-order valence-electron chi connectivity index (χ2n) is 5.87. The zero-order valence-electron chi connectivity index (χ0n) is 15.5. The van der Waals surface area contributed by atoms with Crippen molar-refractivity contribution in [2.75, 3.05) is 17.2 Å². The van der Waals surface area contributed by atoms with Crippen LogP contribution in [0.25, 0.3) is 0 Å². The summed E-state index contributed by atoms with van der Waals surface area (Å²) in [6, 6.07) is 12.3. The molecule has 140 valence electrons. The summed E-state index contributed by atoms with van der Waals surface area (Å²) in [4.78, 5) is 35.9. The normalized spacial score (nSPS) is 10.5. The highest BCUT2D eigenvalue weighted by molar-refractivity contribution is 6.11. The van der Waals surface area contributed by atoms with Crippen LogP contribution in [0, 0.1) is 13.8 Å². The Morgan fingerprint density at radius 3 is 2.41 bits per heavy atom. The maximum Gasteiger partial charge on any atom is 0.330 e. The van der Waals surface area contributed by atoms with Crippen LogP contribution in [-0.4, -0.2) is 24.4 Å². The standard InChI is InChI=1S/C21H22N2O4/c1-4-27-20(25)12-11-19(24)23-18-8-6-5-7-17(18)21(26)22-16-10-9-14(2)15(3)13-16/h5-13H,4H2,1-3H3,(H,22,26)(H,23,24)/b12-11+. The summed E-state index contributed by atoms with van der Waals surface area (Å²) >= 11 is 0. The molecule has 0 aliphatic rings. The van der Waals surface area contributed by atoms with Gasteiger partial charge in [0.15, 0.2) is 0 Å². The lowest BCUT2D eigenvalue weighted by Gasteiger charge is -2.11. The van der Waals surface area contributed by atoms with Crippen LogP contribution in [0.15, 0.2) is 54.6 Å². The molecule has 0 saturated carbocycles. The Kier molecular flexibility index (Phi) is 6.88. The molecule has 2 N–H and O–H groups in total. The van der Waals surface area contributed by atoms with Crippen molar-refractivity contribution in [1.82, 2.24) is 0 Å². The van der Waals surface area contributed by atoms with E-state index in [0.29, 0.717) is 16.9 Å². The zero-order valence-corrected chi connectivity index (χ0v) is 15.5. The predicted molar refractivity (Wildman–Crippen MR) is 105 cm³/mol. The van der Waals surface area contributed by atoms with E-state index in [2.05, 4.69) is 10.6 Å². The summed E-state index contributed by atoms with van der Waals surface area (Å²) in [7, 11) is 0. The average Bonchev–Trinajstić information content (AvgIpc) is 2.64. The van der Waals surface area contributed by atoms with Crippen molar-refractivity contribution in [2.45, 2.75) is 20.8 Å². The van der Waals surface area contributed by atoms with E-state index in [1.807, 2.05) is 32.0 Å². The van der Waals surface area contributed by atoms with Gasteiger partial charge in [-0.1, -0.05) is 18.2 Å². The second kappa shape index (κ2) is 9.33. The molecular formula is C21H22N2O4. The molecule has 6 nitrogen and oxygen atoms in total. The number of anilines is 2. The van der Waals surface area contributed by atoms with Crippen molar-refractivity contribution >= 4 is 29.2 Å². The number of benzene rings is 2.